The molecule has 8 nitrogen and oxygen atoms in total. The van der Waals surface area contributed by atoms with Crippen molar-refractivity contribution in [3.8, 4) is 34.1 Å². The molecule has 1 aliphatic carbocycles. The summed E-state index contributed by atoms with van der Waals surface area (Å²) in [4.78, 5) is 10.2. The lowest BCUT2D eigenvalue weighted by molar-refractivity contribution is 0.171. The van der Waals surface area contributed by atoms with Crippen LogP contribution < -0.4 is 15.0 Å². The zero-order chi connectivity index (χ0) is 24.1. The third kappa shape index (κ3) is 4.16. The molecule has 2 aromatic heterocycles. The van der Waals surface area contributed by atoms with Crippen LogP contribution in [0.3, 0.4) is 0 Å². The molecule has 6 rings (SSSR count). The Morgan fingerprint density at radius 2 is 1.94 bits per heavy atom. The summed E-state index contributed by atoms with van der Waals surface area (Å²) in [6, 6.07) is 8.05. The SMILES string of the molecule is COc1cc(-c2ccc(-c3ncc(N(C4CC4)[C@H]4C[C@H]5CC[C@H](N5)[C@H]4F)nn3)c(O)c2)cc(F)n1. The summed E-state index contributed by atoms with van der Waals surface area (Å²) in [5.74, 6) is 0.230. The van der Waals surface area contributed by atoms with E-state index in [0.717, 1.165) is 32.1 Å². The van der Waals surface area contributed by atoms with E-state index in [0.29, 0.717) is 28.6 Å². The van der Waals surface area contributed by atoms with Gasteiger partial charge in [0.05, 0.1) is 24.9 Å². The number of fused-ring (bicyclic) bond motifs is 2. The van der Waals surface area contributed by atoms with E-state index in [1.54, 1.807) is 24.4 Å². The van der Waals surface area contributed by atoms with Gasteiger partial charge in [0, 0.05) is 30.3 Å². The highest BCUT2D eigenvalue weighted by Crippen LogP contribution is 2.40. The summed E-state index contributed by atoms with van der Waals surface area (Å²) >= 11 is 0. The first-order valence-electron chi connectivity index (χ1n) is 11.9. The monoisotopic (exact) mass is 480 g/mol. The average molecular weight is 481 g/mol. The van der Waals surface area contributed by atoms with Crippen LogP contribution in [0.5, 0.6) is 11.6 Å². The van der Waals surface area contributed by atoms with E-state index < -0.39 is 12.1 Å². The number of hydrogen-bond donors (Lipinski definition) is 2. The molecule has 3 fully saturated rings. The number of pyridine rings is 1. The van der Waals surface area contributed by atoms with Crippen LogP contribution in [0.15, 0.2) is 36.5 Å². The molecule has 182 valence electrons. The maximum atomic E-state index is 15.3. The minimum absolute atomic E-state index is 0.0639. The average Bonchev–Trinajstić information content (AvgIpc) is 3.62. The van der Waals surface area contributed by atoms with Crippen LogP contribution in [-0.4, -0.2) is 62.7 Å². The van der Waals surface area contributed by atoms with Crippen molar-refractivity contribution in [3.05, 3.63) is 42.5 Å². The Bertz CT molecular complexity index is 1240. The smallest absolute Gasteiger partial charge is 0.216 e. The molecule has 2 saturated heterocycles. The van der Waals surface area contributed by atoms with Gasteiger partial charge in [-0.15, -0.1) is 10.2 Å². The summed E-state index contributed by atoms with van der Waals surface area (Å²) in [5.41, 5.74) is 1.50. The zero-order valence-electron chi connectivity index (χ0n) is 19.2. The molecule has 2 aliphatic heterocycles. The maximum absolute atomic E-state index is 15.3. The Morgan fingerprint density at radius 1 is 1.09 bits per heavy atom. The predicted molar refractivity (Wildman–Crippen MR) is 125 cm³/mol. The van der Waals surface area contributed by atoms with Gasteiger partial charge in [0.25, 0.3) is 0 Å². The molecule has 0 spiro atoms. The van der Waals surface area contributed by atoms with E-state index in [2.05, 4.69) is 30.4 Å². The Balaban J connectivity index is 1.26. The minimum atomic E-state index is -0.955. The molecule has 10 heteroatoms. The number of methoxy groups -OCH3 is 1. The van der Waals surface area contributed by atoms with Gasteiger partial charge < -0.3 is 20.1 Å². The highest BCUT2D eigenvalue weighted by atomic mass is 19.1. The first kappa shape index (κ1) is 22.1. The normalized spacial score (nSPS) is 25.5. The number of alkyl halides is 1. The number of nitrogens with one attached hydrogen (secondary N) is 1. The van der Waals surface area contributed by atoms with Crippen LogP contribution in [0.2, 0.25) is 0 Å². The summed E-state index contributed by atoms with van der Waals surface area (Å²) in [5, 5.41) is 22.7. The maximum Gasteiger partial charge on any atom is 0.216 e. The van der Waals surface area contributed by atoms with E-state index in [4.69, 9.17) is 4.74 Å². The molecule has 3 aromatic rings. The minimum Gasteiger partial charge on any atom is -0.507 e. The largest absolute Gasteiger partial charge is 0.507 e. The topological polar surface area (TPSA) is 96.3 Å². The van der Waals surface area contributed by atoms with E-state index in [-0.39, 0.29) is 35.6 Å². The van der Waals surface area contributed by atoms with E-state index in [9.17, 15) is 9.50 Å². The molecule has 2 N–H and O–H groups in total. The molecule has 1 aromatic carbocycles. The number of phenolic OH excluding ortho intramolecular Hbond substituents is 1. The molecule has 35 heavy (non-hydrogen) atoms. The van der Waals surface area contributed by atoms with Crippen molar-refractivity contribution in [2.24, 2.45) is 0 Å². The molecule has 0 amide bonds. The molecular formula is C25H26F2N6O2. The number of ether oxygens (including phenoxy) is 1. The number of halogens is 2. The molecule has 1 saturated carbocycles. The third-order valence-electron chi connectivity index (χ3n) is 7.22. The molecule has 4 atom stereocenters. The molecule has 4 heterocycles. The van der Waals surface area contributed by atoms with Gasteiger partial charge in [-0.25, -0.2) is 9.37 Å². The van der Waals surface area contributed by atoms with Gasteiger partial charge in [-0.3, -0.25) is 0 Å². The lowest BCUT2D eigenvalue weighted by Crippen LogP contribution is -2.57. The van der Waals surface area contributed by atoms with Crippen LogP contribution in [0.4, 0.5) is 14.6 Å². The highest BCUT2D eigenvalue weighted by molar-refractivity contribution is 5.73. The summed E-state index contributed by atoms with van der Waals surface area (Å²) in [6.07, 6.45) is 5.32. The van der Waals surface area contributed by atoms with Crippen molar-refractivity contribution in [1.29, 1.82) is 0 Å². The first-order chi connectivity index (χ1) is 17.0. The van der Waals surface area contributed by atoms with Gasteiger partial charge in [0.2, 0.25) is 11.8 Å². The molecular weight excluding hydrogens is 454 g/mol. The van der Waals surface area contributed by atoms with Crippen molar-refractivity contribution < 1.29 is 18.6 Å². The first-order valence-corrected chi connectivity index (χ1v) is 11.9. The number of rotatable bonds is 6. The van der Waals surface area contributed by atoms with Crippen LogP contribution >= 0.6 is 0 Å². The zero-order valence-corrected chi connectivity index (χ0v) is 19.2. The van der Waals surface area contributed by atoms with Crippen molar-refractivity contribution in [2.75, 3.05) is 12.0 Å². The van der Waals surface area contributed by atoms with Crippen LogP contribution in [0.1, 0.15) is 32.1 Å². The number of hydrogen-bond acceptors (Lipinski definition) is 8. The molecule has 2 bridgehead atoms. The number of aromatic hydroxyl groups is 1. The van der Waals surface area contributed by atoms with Gasteiger partial charge >= 0.3 is 0 Å². The third-order valence-corrected chi connectivity index (χ3v) is 7.22. The van der Waals surface area contributed by atoms with E-state index >= 15 is 4.39 Å². The highest BCUT2D eigenvalue weighted by Gasteiger charge is 2.48. The second-order valence-corrected chi connectivity index (χ2v) is 9.53. The predicted octanol–water partition coefficient (Wildman–Crippen LogP) is 3.65. The van der Waals surface area contributed by atoms with Crippen molar-refractivity contribution in [3.63, 3.8) is 0 Å². The second kappa shape index (κ2) is 8.67. The van der Waals surface area contributed by atoms with E-state index in [1.807, 2.05) is 0 Å². The van der Waals surface area contributed by atoms with Gasteiger partial charge in [-0.2, -0.15) is 9.37 Å². The van der Waals surface area contributed by atoms with Gasteiger partial charge in [-0.05, 0) is 55.4 Å². The van der Waals surface area contributed by atoms with Crippen LogP contribution in [-0.2, 0) is 0 Å². The number of anilines is 1. The Morgan fingerprint density at radius 3 is 2.66 bits per heavy atom. The van der Waals surface area contributed by atoms with Crippen molar-refractivity contribution in [1.82, 2.24) is 25.5 Å². The molecule has 3 aliphatic rings. The lowest BCUT2D eigenvalue weighted by Gasteiger charge is -2.40. The van der Waals surface area contributed by atoms with Crippen LogP contribution in [0, 0.1) is 5.95 Å². The van der Waals surface area contributed by atoms with Gasteiger partial charge in [0.1, 0.15) is 11.9 Å². The fraction of sp³-hybridized carbons (Fsp3) is 0.440. The van der Waals surface area contributed by atoms with Gasteiger partial charge in [0.15, 0.2) is 11.6 Å². The van der Waals surface area contributed by atoms with Crippen molar-refractivity contribution in [2.45, 2.75) is 62.4 Å². The Labute approximate surface area is 201 Å². The fourth-order valence-electron chi connectivity index (χ4n) is 5.38. The number of nitrogens with zero attached hydrogens (tertiary/aromatic N) is 5. The van der Waals surface area contributed by atoms with Crippen molar-refractivity contribution >= 4 is 5.82 Å². The second-order valence-electron chi connectivity index (χ2n) is 9.53. The summed E-state index contributed by atoms with van der Waals surface area (Å²) in [6.45, 7) is 0. The molecule has 0 radical (unpaired) electrons. The standard InChI is InChI=1S/C25H26F2N6O2/c1-35-23-10-14(9-21(26)30-23)13-2-6-17(20(34)8-13)25-28-12-22(31-32-25)33(16-4-5-16)19-11-15-3-7-18(29-15)24(19)27/h2,6,8-10,12,15-16,18-19,24,29,34H,3-5,7,11H2,1H3/t15-,18+,19+,24-/m1/s1. The Kier molecular flexibility index (Phi) is 5.47. The number of phenols is 1. The quantitative estimate of drug-likeness (QED) is 0.516. The number of benzene rings is 1. The summed E-state index contributed by atoms with van der Waals surface area (Å²) in [7, 11) is 1.41. The van der Waals surface area contributed by atoms with E-state index in [1.165, 1.54) is 19.2 Å². The molecule has 0 unspecified atom stereocenters. The fourth-order valence-corrected chi connectivity index (χ4v) is 5.38. The van der Waals surface area contributed by atoms with Gasteiger partial charge in [-0.1, -0.05) is 6.07 Å². The summed E-state index contributed by atoms with van der Waals surface area (Å²) < 4.78 is 34.1. The lowest BCUT2D eigenvalue weighted by atomic mass is 9.96. The number of piperidine rings is 1. The Hall–Kier alpha value is -3.40. The van der Waals surface area contributed by atoms with Crippen LogP contribution in [0.25, 0.3) is 22.5 Å². The number of aromatic nitrogens is 4.